The maximum atomic E-state index is 5.79. The third-order valence-electron chi connectivity index (χ3n) is 3.32. The Morgan fingerprint density at radius 1 is 1.35 bits per heavy atom. The molecule has 0 saturated carbocycles. The summed E-state index contributed by atoms with van der Waals surface area (Å²) in [6.45, 7) is 5.11. The zero-order valence-corrected chi connectivity index (χ0v) is 10.9. The molecule has 1 aromatic heterocycles. The Hall–Kier alpha value is -1.09. The Labute approximate surface area is 104 Å². The van der Waals surface area contributed by atoms with Crippen LogP contribution in [-0.2, 0) is 12.8 Å². The van der Waals surface area contributed by atoms with Crippen molar-refractivity contribution in [1.82, 2.24) is 4.98 Å². The summed E-state index contributed by atoms with van der Waals surface area (Å²) in [5.41, 5.74) is 8.48. The molecule has 0 spiro atoms. The highest BCUT2D eigenvalue weighted by atomic mass is 15.0. The molecule has 0 bridgehead atoms. The van der Waals surface area contributed by atoms with E-state index in [0.29, 0.717) is 18.5 Å². The molecule has 0 aromatic carbocycles. The molecule has 94 valence electrons. The quantitative estimate of drug-likeness (QED) is 0.821. The van der Waals surface area contributed by atoms with Gasteiger partial charge in [0.1, 0.15) is 5.82 Å². The molecular weight excluding hydrogens is 210 g/mol. The molecule has 1 aliphatic carbocycles. The lowest BCUT2D eigenvalue weighted by Crippen LogP contribution is -2.30. The van der Waals surface area contributed by atoms with Crippen LogP contribution in [0.2, 0.25) is 0 Å². The smallest absolute Gasteiger partial charge is 0.126 e. The molecule has 3 heteroatoms. The molecular formula is C14H23N3. The number of nitrogens with zero attached hydrogens (tertiary/aromatic N) is 1. The van der Waals surface area contributed by atoms with Crippen LogP contribution < -0.4 is 11.1 Å². The number of pyridine rings is 1. The van der Waals surface area contributed by atoms with Crippen LogP contribution in [0, 0.1) is 5.92 Å². The normalized spacial score (nSPS) is 16.0. The number of aryl methyl sites for hydroxylation is 2. The van der Waals surface area contributed by atoms with Crippen LogP contribution in [0.4, 0.5) is 5.82 Å². The minimum atomic E-state index is 0.335. The highest BCUT2D eigenvalue weighted by Gasteiger charge is 2.14. The van der Waals surface area contributed by atoms with E-state index < -0.39 is 0 Å². The number of fused-ring (bicyclic) bond motifs is 1. The van der Waals surface area contributed by atoms with Crippen LogP contribution in [0.5, 0.6) is 0 Å². The topological polar surface area (TPSA) is 50.9 Å². The maximum absolute atomic E-state index is 5.79. The second-order valence-corrected chi connectivity index (χ2v) is 5.36. The first kappa shape index (κ1) is 12.4. The molecule has 0 aliphatic heterocycles. The van der Waals surface area contributed by atoms with Crippen LogP contribution in [-0.4, -0.2) is 17.6 Å². The van der Waals surface area contributed by atoms with E-state index in [9.17, 15) is 0 Å². The first-order valence-electron chi connectivity index (χ1n) is 6.64. The van der Waals surface area contributed by atoms with E-state index in [1.165, 1.54) is 24.1 Å². The van der Waals surface area contributed by atoms with E-state index in [4.69, 9.17) is 5.73 Å². The van der Waals surface area contributed by atoms with Gasteiger partial charge in [0, 0.05) is 18.3 Å². The zero-order chi connectivity index (χ0) is 12.3. The summed E-state index contributed by atoms with van der Waals surface area (Å²) in [5, 5.41) is 3.45. The average molecular weight is 233 g/mol. The van der Waals surface area contributed by atoms with Gasteiger partial charge in [-0.2, -0.15) is 0 Å². The SMILES string of the molecule is CC(C)CC(CN)Nc1ccc2c(n1)CCC2. The van der Waals surface area contributed by atoms with Gasteiger partial charge in [-0.25, -0.2) is 4.98 Å². The van der Waals surface area contributed by atoms with Gasteiger partial charge in [0.05, 0.1) is 0 Å². The molecule has 0 fully saturated rings. The number of hydrogen-bond donors (Lipinski definition) is 2. The average Bonchev–Trinajstić information content (AvgIpc) is 2.74. The van der Waals surface area contributed by atoms with Crippen molar-refractivity contribution in [2.45, 2.75) is 45.6 Å². The van der Waals surface area contributed by atoms with Crippen molar-refractivity contribution in [2.75, 3.05) is 11.9 Å². The van der Waals surface area contributed by atoms with Crippen molar-refractivity contribution in [3.05, 3.63) is 23.4 Å². The Balaban J connectivity index is 2.02. The van der Waals surface area contributed by atoms with Crippen LogP contribution in [0.15, 0.2) is 12.1 Å². The van der Waals surface area contributed by atoms with Gasteiger partial charge in [0.25, 0.3) is 0 Å². The van der Waals surface area contributed by atoms with E-state index in [-0.39, 0.29) is 0 Å². The van der Waals surface area contributed by atoms with Gasteiger partial charge in [-0.1, -0.05) is 19.9 Å². The summed E-state index contributed by atoms with van der Waals surface area (Å²) in [4.78, 5) is 4.68. The third kappa shape index (κ3) is 3.19. The second kappa shape index (κ2) is 5.50. The standard InChI is InChI=1S/C14H23N3/c1-10(2)8-12(9-15)16-14-7-6-11-4-3-5-13(11)17-14/h6-7,10,12H,3-5,8-9,15H2,1-2H3,(H,16,17). The number of anilines is 1. The maximum Gasteiger partial charge on any atom is 0.126 e. The van der Waals surface area contributed by atoms with Gasteiger partial charge in [0.15, 0.2) is 0 Å². The molecule has 17 heavy (non-hydrogen) atoms. The summed E-state index contributed by atoms with van der Waals surface area (Å²) in [6, 6.07) is 4.63. The number of nitrogens with two attached hydrogens (primary N) is 1. The summed E-state index contributed by atoms with van der Waals surface area (Å²) in [5.74, 6) is 1.65. The molecule has 1 atom stereocenters. The monoisotopic (exact) mass is 233 g/mol. The molecule has 0 amide bonds. The largest absolute Gasteiger partial charge is 0.366 e. The molecule has 1 heterocycles. The first-order chi connectivity index (χ1) is 8.19. The molecule has 2 rings (SSSR count). The molecule has 3 N–H and O–H groups in total. The molecule has 1 aromatic rings. The Morgan fingerprint density at radius 3 is 2.88 bits per heavy atom. The van der Waals surface area contributed by atoms with Crippen LogP contribution in [0.25, 0.3) is 0 Å². The number of hydrogen-bond acceptors (Lipinski definition) is 3. The lowest BCUT2D eigenvalue weighted by molar-refractivity contribution is 0.521. The molecule has 1 unspecified atom stereocenters. The fraction of sp³-hybridized carbons (Fsp3) is 0.643. The van der Waals surface area contributed by atoms with Crippen molar-refractivity contribution >= 4 is 5.82 Å². The van der Waals surface area contributed by atoms with Crippen molar-refractivity contribution in [1.29, 1.82) is 0 Å². The summed E-state index contributed by atoms with van der Waals surface area (Å²) < 4.78 is 0. The van der Waals surface area contributed by atoms with E-state index in [1.807, 2.05) is 0 Å². The summed E-state index contributed by atoms with van der Waals surface area (Å²) in [7, 11) is 0. The number of rotatable bonds is 5. The lowest BCUT2D eigenvalue weighted by Gasteiger charge is -2.19. The highest BCUT2D eigenvalue weighted by molar-refractivity contribution is 5.41. The van der Waals surface area contributed by atoms with E-state index in [2.05, 4.69) is 36.3 Å². The number of nitrogens with one attached hydrogen (secondary N) is 1. The van der Waals surface area contributed by atoms with Crippen molar-refractivity contribution in [3.8, 4) is 0 Å². The lowest BCUT2D eigenvalue weighted by atomic mass is 10.0. The third-order valence-corrected chi connectivity index (χ3v) is 3.32. The van der Waals surface area contributed by atoms with Crippen molar-refractivity contribution in [2.24, 2.45) is 11.7 Å². The van der Waals surface area contributed by atoms with E-state index in [1.54, 1.807) is 0 Å². The predicted molar refractivity (Wildman–Crippen MR) is 72.2 cm³/mol. The fourth-order valence-electron chi connectivity index (χ4n) is 2.49. The molecule has 0 radical (unpaired) electrons. The van der Waals surface area contributed by atoms with Crippen molar-refractivity contribution in [3.63, 3.8) is 0 Å². The highest BCUT2D eigenvalue weighted by Crippen LogP contribution is 2.22. The van der Waals surface area contributed by atoms with Gasteiger partial charge in [-0.15, -0.1) is 0 Å². The predicted octanol–water partition coefficient (Wildman–Crippen LogP) is 2.36. The summed E-state index contributed by atoms with van der Waals surface area (Å²) in [6.07, 6.45) is 4.66. The van der Waals surface area contributed by atoms with Gasteiger partial charge < -0.3 is 11.1 Å². The van der Waals surface area contributed by atoms with Crippen molar-refractivity contribution < 1.29 is 0 Å². The Bertz CT molecular complexity index is 374. The van der Waals surface area contributed by atoms with E-state index >= 15 is 0 Å². The molecule has 1 aliphatic rings. The van der Waals surface area contributed by atoms with Gasteiger partial charge in [0.2, 0.25) is 0 Å². The van der Waals surface area contributed by atoms with Crippen LogP contribution >= 0.6 is 0 Å². The Morgan fingerprint density at radius 2 is 2.18 bits per heavy atom. The van der Waals surface area contributed by atoms with Crippen LogP contribution in [0.3, 0.4) is 0 Å². The first-order valence-corrected chi connectivity index (χ1v) is 6.64. The fourth-order valence-corrected chi connectivity index (χ4v) is 2.49. The van der Waals surface area contributed by atoms with Gasteiger partial charge >= 0.3 is 0 Å². The molecule has 3 nitrogen and oxygen atoms in total. The van der Waals surface area contributed by atoms with Crippen LogP contribution in [0.1, 0.15) is 37.9 Å². The zero-order valence-electron chi connectivity index (χ0n) is 10.9. The van der Waals surface area contributed by atoms with E-state index in [0.717, 1.165) is 18.7 Å². The Kier molecular flexibility index (Phi) is 4.00. The second-order valence-electron chi connectivity index (χ2n) is 5.36. The van der Waals surface area contributed by atoms with Gasteiger partial charge in [-0.3, -0.25) is 0 Å². The minimum absolute atomic E-state index is 0.335. The minimum Gasteiger partial charge on any atom is -0.366 e. The summed E-state index contributed by atoms with van der Waals surface area (Å²) >= 11 is 0. The molecule has 0 saturated heterocycles. The van der Waals surface area contributed by atoms with Gasteiger partial charge in [-0.05, 0) is 43.2 Å². The number of aromatic nitrogens is 1.